The number of hydrogen-bond acceptors (Lipinski definition) is 4. The Balaban J connectivity index is 1.05. The second kappa shape index (κ2) is 10.8. The molecule has 0 saturated heterocycles. The first-order chi connectivity index (χ1) is 26.5. The molecule has 5 heteroatoms. The van der Waals surface area contributed by atoms with E-state index in [0.29, 0.717) is 0 Å². The van der Waals surface area contributed by atoms with Gasteiger partial charge in [0.15, 0.2) is 5.82 Å². The zero-order chi connectivity index (χ0) is 35.7. The molecule has 1 aliphatic rings. The van der Waals surface area contributed by atoms with E-state index in [1.54, 1.807) is 0 Å². The van der Waals surface area contributed by atoms with Crippen LogP contribution in [0.1, 0.15) is 25.0 Å². The number of nitrogens with zero attached hydrogens (tertiary/aromatic N) is 3. The third-order valence-corrected chi connectivity index (χ3v) is 12.8. The van der Waals surface area contributed by atoms with Crippen molar-refractivity contribution >= 4 is 75.4 Å². The third kappa shape index (κ3) is 4.02. The minimum Gasteiger partial charge on any atom is -0.439 e. The Bertz CT molecular complexity index is 3380. The molecule has 11 aromatic rings. The zero-order valence-electron chi connectivity index (χ0n) is 29.6. The summed E-state index contributed by atoms with van der Waals surface area (Å²) in [6.45, 7) is 4.68. The summed E-state index contributed by atoms with van der Waals surface area (Å²) in [5, 5.41) is 7.11. The predicted octanol–water partition coefficient (Wildman–Crippen LogP) is 13.5. The Kier molecular flexibility index (Phi) is 5.96. The molecule has 0 aliphatic carbocycles. The summed E-state index contributed by atoms with van der Waals surface area (Å²) < 4.78 is 11.5. The quantitative estimate of drug-likeness (QED) is 0.183. The number of fused-ring (bicyclic) bond motifs is 11. The molecule has 0 unspecified atom stereocenters. The number of hydrogen-bond donors (Lipinski definition) is 0. The number of para-hydroxylation sites is 3. The lowest BCUT2D eigenvalue weighted by atomic mass is 9.74. The van der Waals surface area contributed by atoms with E-state index in [-0.39, 0.29) is 5.41 Å². The van der Waals surface area contributed by atoms with E-state index in [1.165, 1.54) is 47.6 Å². The lowest BCUT2D eigenvalue weighted by Crippen LogP contribution is -2.26. The van der Waals surface area contributed by atoms with Gasteiger partial charge in [-0.3, -0.25) is 4.57 Å². The van der Waals surface area contributed by atoms with Crippen molar-refractivity contribution in [1.29, 1.82) is 0 Å². The van der Waals surface area contributed by atoms with Gasteiger partial charge in [-0.05, 0) is 58.7 Å². The monoisotopic (exact) mass is 709 g/mol. The minimum atomic E-state index is -0.190. The molecule has 4 nitrogen and oxygen atoms in total. The molecule has 0 spiro atoms. The standard InChI is InChI=1S/C49H31N3OS/c1-49(2)37-25-24-29(27-40(37)52-45-35(18-11-20-38(45)49)43-34-16-4-7-22-41(34)53-48(43)52)28-12-9-13-30(26-28)44-33-15-3-6-21-39(33)50-47(51-44)36-19-10-17-32-31-14-5-8-23-42(31)54-46(32)36/h3-27H,1-2H3. The molecule has 54 heavy (non-hydrogen) atoms. The molecule has 0 saturated carbocycles. The fourth-order valence-corrected chi connectivity index (χ4v) is 10.2. The van der Waals surface area contributed by atoms with Crippen LogP contribution in [0.3, 0.4) is 0 Å². The zero-order valence-corrected chi connectivity index (χ0v) is 30.4. The van der Waals surface area contributed by atoms with E-state index in [2.05, 4.69) is 164 Å². The molecule has 0 radical (unpaired) electrons. The first-order valence-corrected chi connectivity index (χ1v) is 19.2. The van der Waals surface area contributed by atoms with Crippen LogP contribution in [-0.4, -0.2) is 14.5 Å². The molecule has 0 N–H and O–H groups in total. The number of rotatable bonds is 3. The molecule has 0 fully saturated rings. The summed E-state index contributed by atoms with van der Waals surface area (Å²) in [6, 6.07) is 54.3. The molecule has 7 aromatic carbocycles. The lowest BCUT2D eigenvalue weighted by Gasteiger charge is -2.34. The van der Waals surface area contributed by atoms with Gasteiger partial charge >= 0.3 is 0 Å². The highest BCUT2D eigenvalue weighted by atomic mass is 32.1. The predicted molar refractivity (Wildman–Crippen MR) is 225 cm³/mol. The third-order valence-electron chi connectivity index (χ3n) is 11.6. The van der Waals surface area contributed by atoms with Crippen LogP contribution < -0.4 is 0 Å². The molecular formula is C49H31N3OS. The number of benzene rings is 7. The molecule has 0 bridgehead atoms. The highest BCUT2D eigenvalue weighted by Gasteiger charge is 2.36. The van der Waals surface area contributed by atoms with E-state index in [1.807, 2.05) is 17.4 Å². The van der Waals surface area contributed by atoms with Gasteiger partial charge < -0.3 is 4.42 Å². The fraction of sp³-hybridized carbons (Fsp3) is 0.0612. The Morgan fingerprint density at radius 1 is 0.574 bits per heavy atom. The maximum Gasteiger partial charge on any atom is 0.213 e. The maximum atomic E-state index is 6.68. The topological polar surface area (TPSA) is 43.9 Å². The van der Waals surface area contributed by atoms with Crippen LogP contribution in [0.2, 0.25) is 0 Å². The average molecular weight is 710 g/mol. The van der Waals surface area contributed by atoms with Gasteiger partial charge in [-0.2, -0.15) is 0 Å². The van der Waals surface area contributed by atoms with Crippen LogP contribution in [-0.2, 0) is 5.41 Å². The Morgan fingerprint density at radius 3 is 2.22 bits per heavy atom. The summed E-state index contributed by atoms with van der Waals surface area (Å²) in [5.74, 6) is 0.743. The Hall–Kier alpha value is -6.56. The van der Waals surface area contributed by atoms with Crippen molar-refractivity contribution in [2.75, 3.05) is 0 Å². The van der Waals surface area contributed by atoms with Crippen LogP contribution in [0.25, 0.3) is 104 Å². The second-order valence-corrected chi connectivity index (χ2v) is 16.0. The van der Waals surface area contributed by atoms with E-state index < -0.39 is 0 Å². The van der Waals surface area contributed by atoms with Crippen molar-refractivity contribution in [3.8, 4) is 39.5 Å². The van der Waals surface area contributed by atoms with Gasteiger partial charge in [0.25, 0.3) is 0 Å². The summed E-state index contributed by atoms with van der Waals surface area (Å²) >= 11 is 1.81. The van der Waals surface area contributed by atoms with E-state index in [9.17, 15) is 0 Å². The summed E-state index contributed by atoms with van der Waals surface area (Å²) in [6.07, 6.45) is 0. The van der Waals surface area contributed by atoms with E-state index in [0.717, 1.165) is 67.0 Å². The maximum absolute atomic E-state index is 6.68. The van der Waals surface area contributed by atoms with E-state index in [4.69, 9.17) is 14.4 Å². The number of aromatic nitrogens is 3. The van der Waals surface area contributed by atoms with Crippen LogP contribution in [0.15, 0.2) is 156 Å². The Labute approximate surface area is 314 Å². The fourth-order valence-electron chi connectivity index (χ4n) is 9.03. The van der Waals surface area contributed by atoms with Gasteiger partial charge in [-0.1, -0.05) is 129 Å². The molecule has 4 aromatic heterocycles. The number of furan rings is 1. The lowest BCUT2D eigenvalue weighted by molar-refractivity contribution is 0.612. The molecule has 254 valence electrons. The van der Waals surface area contributed by atoms with Gasteiger partial charge in [0, 0.05) is 52.9 Å². The van der Waals surface area contributed by atoms with Crippen LogP contribution in [0.4, 0.5) is 0 Å². The SMILES string of the molecule is CC1(C)c2ccc(-c3cccc(-c4nc(-c5cccc6c5sc5ccccc56)nc5ccccc45)c3)cc2-n2c3oc4ccccc4c3c3cccc1c32. The largest absolute Gasteiger partial charge is 0.439 e. The van der Waals surface area contributed by atoms with Crippen LogP contribution in [0.5, 0.6) is 0 Å². The highest BCUT2D eigenvalue weighted by molar-refractivity contribution is 7.26. The molecule has 12 rings (SSSR count). The van der Waals surface area contributed by atoms with Crippen molar-refractivity contribution in [1.82, 2.24) is 14.5 Å². The summed E-state index contributed by atoms with van der Waals surface area (Å²) in [7, 11) is 0. The van der Waals surface area contributed by atoms with Crippen molar-refractivity contribution in [3.63, 3.8) is 0 Å². The summed E-state index contributed by atoms with van der Waals surface area (Å²) in [4.78, 5) is 10.5. The number of thiophene rings is 1. The Morgan fingerprint density at radius 2 is 1.30 bits per heavy atom. The first-order valence-electron chi connectivity index (χ1n) is 18.4. The summed E-state index contributed by atoms with van der Waals surface area (Å²) in [5.41, 5.74) is 12.9. The first kappa shape index (κ1) is 30.0. The van der Waals surface area contributed by atoms with Crippen molar-refractivity contribution in [2.24, 2.45) is 0 Å². The highest BCUT2D eigenvalue weighted by Crippen LogP contribution is 2.50. The minimum absolute atomic E-state index is 0.190. The van der Waals surface area contributed by atoms with E-state index >= 15 is 0 Å². The van der Waals surface area contributed by atoms with Crippen molar-refractivity contribution in [2.45, 2.75) is 19.3 Å². The average Bonchev–Trinajstić information content (AvgIpc) is 3.89. The van der Waals surface area contributed by atoms with Crippen molar-refractivity contribution in [3.05, 3.63) is 163 Å². The van der Waals surface area contributed by atoms with Gasteiger partial charge in [0.05, 0.1) is 27.8 Å². The smallest absolute Gasteiger partial charge is 0.213 e. The second-order valence-electron chi connectivity index (χ2n) is 14.9. The van der Waals surface area contributed by atoms with Gasteiger partial charge in [-0.25, -0.2) is 9.97 Å². The normalized spacial score (nSPS) is 13.5. The van der Waals surface area contributed by atoms with Crippen molar-refractivity contribution < 1.29 is 4.42 Å². The van der Waals surface area contributed by atoms with Crippen LogP contribution >= 0.6 is 11.3 Å². The van der Waals surface area contributed by atoms with Gasteiger partial charge in [-0.15, -0.1) is 11.3 Å². The molecule has 5 heterocycles. The molecule has 0 atom stereocenters. The molecule has 0 amide bonds. The molecule has 1 aliphatic heterocycles. The van der Waals surface area contributed by atoms with Gasteiger partial charge in [0.1, 0.15) is 5.58 Å². The van der Waals surface area contributed by atoms with Gasteiger partial charge in [0.2, 0.25) is 5.71 Å². The molecular weight excluding hydrogens is 679 g/mol. The van der Waals surface area contributed by atoms with Crippen LogP contribution in [0, 0.1) is 0 Å².